The van der Waals surface area contributed by atoms with Gasteiger partial charge in [-0.2, -0.15) is 4.31 Å². The molecule has 8 heteroatoms. The van der Waals surface area contributed by atoms with Gasteiger partial charge in [-0.3, -0.25) is 4.79 Å². The third-order valence-corrected chi connectivity index (χ3v) is 4.26. The summed E-state index contributed by atoms with van der Waals surface area (Å²) < 4.78 is 26.9. The quantitative estimate of drug-likeness (QED) is 0.777. The number of hydrogen-bond donors (Lipinski definition) is 1. The van der Waals surface area contributed by atoms with Crippen molar-refractivity contribution in [2.75, 3.05) is 13.6 Å². The van der Waals surface area contributed by atoms with Gasteiger partial charge < -0.3 is 9.67 Å². The average molecular weight is 275 g/mol. The number of imidazole rings is 1. The number of carbonyl (C=O) groups is 1. The van der Waals surface area contributed by atoms with Gasteiger partial charge >= 0.3 is 5.97 Å². The topological polar surface area (TPSA) is 92.5 Å². The fraction of sp³-hybridized carbons (Fsp3) is 0.600. The highest BCUT2D eigenvalue weighted by Gasteiger charge is 2.23. The molecule has 0 atom stereocenters. The Morgan fingerprint density at radius 1 is 1.56 bits per heavy atom. The van der Waals surface area contributed by atoms with Gasteiger partial charge in [-0.15, -0.1) is 0 Å². The Labute approximate surface area is 106 Å². The molecule has 0 aliphatic carbocycles. The van der Waals surface area contributed by atoms with Crippen LogP contribution in [0.5, 0.6) is 0 Å². The summed E-state index contributed by atoms with van der Waals surface area (Å²) in [5.74, 6) is -0.934. The molecule has 0 amide bonds. The van der Waals surface area contributed by atoms with Crippen molar-refractivity contribution in [3.63, 3.8) is 0 Å². The molecule has 0 bridgehead atoms. The Kier molecular flexibility index (Phi) is 4.85. The molecule has 1 N–H and O–H groups in total. The van der Waals surface area contributed by atoms with Crippen molar-refractivity contribution < 1.29 is 18.3 Å². The predicted octanol–water partition coefficient (Wildman–Crippen LogP) is 0.388. The van der Waals surface area contributed by atoms with Gasteiger partial charge in [-0.1, -0.05) is 0 Å². The van der Waals surface area contributed by atoms with E-state index in [0.717, 1.165) is 4.31 Å². The summed E-state index contributed by atoms with van der Waals surface area (Å²) in [7, 11) is -2.20. The molecule has 0 aromatic carbocycles. The molecular weight excluding hydrogens is 258 g/mol. The lowest BCUT2D eigenvalue weighted by Gasteiger charge is -2.14. The maximum absolute atomic E-state index is 12.0. The number of aromatic nitrogens is 2. The van der Waals surface area contributed by atoms with E-state index in [2.05, 4.69) is 4.98 Å². The second-order valence-corrected chi connectivity index (χ2v) is 5.86. The van der Waals surface area contributed by atoms with E-state index in [-0.39, 0.29) is 24.4 Å². The third-order valence-electron chi connectivity index (χ3n) is 2.51. The SMILES string of the molecule is CCn1cnc(S(=O)(=O)N(C)CCCC(=O)O)c1. The number of nitrogens with zero attached hydrogens (tertiary/aromatic N) is 3. The first-order valence-electron chi connectivity index (χ1n) is 5.57. The molecule has 18 heavy (non-hydrogen) atoms. The molecule has 1 aromatic heterocycles. The van der Waals surface area contributed by atoms with Crippen LogP contribution in [0.15, 0.2) is 17.6 Å². The van der Waals surface area contributed by atoms with Crippen molar-refractivity contribution in [2.24, 2.45) is 0 Å². The van der Waals surface area contributed by atoms with E-state index in [0.29, 0.717) is 6.54 Å². The Balaban J connectivity index is 2.70. The molecule has 0 aliphatic heterocycles. The first kappa shape index (κ1) is 14.7. The van der Waals surface area contributed by atoms with Crippen LogP contribution in [-0.2, 0) is 21.4 Å². The highest BCUT2D eigenvalue weighted by atomic mass is 32.2. The van der Waals surface area contributed by atoms with Crippen molar-refractivity contribution in [1.82, 2.24) is 13.9 Å². The van der Waals surface area contributed by atoms with Gasteiger partial charge in [0.2, 0.25) is 0 Å². The fourth-order valence-corrected chi connectivity index (χ4v) is 2.52. The van der Waals surface area contributed by atoms with Gasteiger partial charge in [0.25, 0.3) is 10.0 Å². The highest BCUT2D eigenvalue weighted by molar-refractivity contribution is 7.89. The summed E-state index contributed by atoms with van der Waals surface area (Å²) in [6.45, 7) is 2.69. The minimum atomic E-state index is -3.62. The minimum absolute atomic E-state index is 0.0119. The molecule has 7 nitrogen and oxygen atoms in total. The van der Waals surface area contributed by atoms with Crippen LogP contribution < -0.4 is 0 Å². The number of aryl methyl sites for hydroxylation is 1. The lowest BCUT2D eigenvalue weighted by molar-refractivity contribution is -0.137. The zero-order chi connectivity index (χ0) is 13.8. The Morgan fingerprint density at radius 2 is 2.22 bits per heavy atom. The molecule has 0 fully saturated rings. The number of carboxylic acid groups (broad SMARTS) is 1. The van der Waals surface area contributed by atoms with Gasteiger partial charge in [0.1, 0.15) is 0 Å². The van der Waals surface area contributed by atoms with Gasteiger partial charge in [0.15, 0.2) is 5.03 Å². The summed E-state index contributed by atoms with van der Waals surface area (Å²) in [5, 5.41) is 8.49. The van der Waals surface area contributed by atoms with Crippen LogP contribution in [0.3, 0.4) is 0 Å². The smallest absolute Gasteiger partial charge is 0.303 e. The zero-order valence-corrected chi connectivity index (χ0v) is 11.2. The maximum atomic E-state index is 12.0. The number of aliphatic carboxylic acids is 1. The van der Waals surface area contributed by atoms with Gasteiger partial charge in [0.05, 0.1) is 6.33 Å². The molecular formula is C10H17N3O4S. The normalized spacial score (nSPS) is 11.9. The molecule has 102 valence electrons. The van der Waals surface area contributed by atoms with E-state index in [1.807, 2.05) is 6.92 Å². The summed E-state index contributed by atoms with van der Waals surface area (Å²) in [6, 6.07) is 0. The Bertz CT molecular complexity index is 509. The number of hydrogen-bond acceptors (Lipinski definition) is 4. The number of rotatable bonds is 7. The second kappa shape index (κ2) is 5.96. The largest absolute Gasteiger partial charge is 0.481 e. The van der Waals surface area contributed by atoms with Crippen LogP contribution in [0.2, 0.25) is 0 Å². The van der Waals surface area contributed by atoms with Crippen molar-refractivity contribution in [3.05, 3.63) is 12.5 Å². The second-order valence-electron chi connectivity index (χ2n) is 3.87. The van der Waals surface area contributed by atoms with Crippen molar-refractivity contribution in [2.45, 2.75) is 31.3 Å². The Hall–Kier alpha value is -1.41. The molecule has 0 radical (unpaired) electrons. The third kappa shape index (κ3) is 3.54. The summed E-state index contributed by atoms with van der Waals surface area (Å²) >= 11 is 0. The van der Waals surface area contributed by atoms with Crippen molar-refractivity contribution in [3.8, 4) is 0 Å². The summed E-state index contributed by atoms with van der Waals surface area (Å²) in [6.07, 6.45) is 3.14. The molecule has 0 saturated carbocycles. The van der Waals surface area contributed by atoms with Crippen LogP contribution in [0.4, 0.5) is 0 Å². The van der Waals surface area contributed by atoms with E-state index in [9.17, 15) is 13.2 Å². The molecule has 0 unspecified atom stereocenters. The van der Waals surface area contributed by atoms with Crippen LogP contribution in [0, 0.1) is 0 Å². The monoisotopic (exact) mass is 275 g/mol. The van der Waals surface area contributed by atoms with Crippen LogP contribution >= 0.6 is 0 Å². The molecule has 0 aliphatic rings. The van der Waals surface area contributed by atoms with E-state index in [4.69, 9.17) is 5.11 Å². The fourth-order valence-electron chi connectivity index (χ4n) is 1.38. The lowest BCUT2D eigenvalue weighted by atomic mass is 10.3. The van der Waals surface area contributed by atoms with Crippen LogP contribution in [-0.4, -0.2) is 46.9 Å². The number of sulfonamides is 1. The summed E-state index contributed by atoms with van der Waals surface area (Å²) in [5.41, 5.74) is 0. The highest BCUT2D eigenvalue weighted by Crippen LogP contribution is 2.12. The Morgan fingerprint density at radius 3 is 2.72 bits per heavy atom. The van der Waals surface area contributed by atoms with Gasteiger partial charge in [0, 0.05) is 32.8 Å². The standard InChI is InChI=1S/C10H17N3O4S/c1-3-13-7-9(11-8-13)18(16,17)12(2)6-4-5-10(14)15/h7-8H,3-6H2,1-2H3,(H,14,15). The van der Waals surface area contributed by atoms with E-state index in [1.165, 1.54) is 19.6 Å². The molecule has 1 rings (SSSR count). The number of carboxylic acids is 1. The maximum Gasteiger partial charge on any atom is 0.303 e. The lowest BCUT2D eigenvalue weighted by Crippen LogP contribution is -2.28. The summed E-state index contributed by atoms with van der Waals surface area (Å²) in [4.78, 5) is 14.2. The molecule has 0 spiro atoms. The van der Waals surface area contributed by atoms with E-state index < -0.39 is 16.0 Å². The zero-order valence-electron chi connectivity index (χ0n) is 10.4. The predicted molar refractivity (Wildman–Crippen MR) is 64.6 cm³/mol. The first-order valence-corrected chi connectivity index (χ1v) is 7.02. The van der Waals surface area contributed by atoms with Gasteiger partial charge in [-0.05, 0) is 13.3 Å². The minimum Gasteiger partial charge on any atom is -0.481 e. The molecule has 1 aromatic rings. The van der Waals surface area contributed by atoms with Crippen molar-refractivity contribution >= 4 is 16.0 Å². The average Bonchev–Trinajstić information content (AvgIpc) is 2.77. The van der Waals surface area contributed by atoms with Crippen LogP contribution in [0.1, 0.15) is 19.8 Å². The van der Waals surface area contributed by atoms with Gasteiger partial charge in [-0.25, -0.2) is 13.4 Å². The van der Waals surface area contributed by atoms with Crippen molar-refractivity contribution in [1.29, 1.82) is 0 Å². The first-order chi connectivity index (χ1) is 8.37. The van der Waals surface area contributed by atoms with Crippen LogP contribution in [0.25, 0.3) is 0 Å². The van der Waals surface area contributed by atoms with E-state index in [1.54, 1.807) is 4.57 Å². The molecule has 0 saturated heterocycles. The van der Waals surface area contributed by atoms with E-state index >= 15 is 0 Å². The molecule has 1 heterocycles.